The van der Waals surface area contributed by atoms with Crippen LogP contribution in [0.5, 0.6) is 0 Å². The Morgan fingerprint density at radius 3 is 2.57 bits per heavy atom. The second-order valence-electron chi connectivity index (χ2n) is 7.28. The molecule has 7 nitrogen and oxygen atoms in total. The minimum absolute atomic E-state index is 0.0222. The van der Waals surface area contributed by atoms with E-state index in [1.165, 1.54) is 10.8 Å². The zero-order valence-electron chi connectivity index (χ0n) is 16.1. The molecule has 0 amide bonds. The fourth-order valence-electron chi connectivity index (χ4n) is 3.33. The Hall–Kier alpha value is -3.00. The van der Waals surface area contributed by atoms with Crippen LogP contribution in [0.1, 0.15) is 31.0 Å². The third-order valence-electron chi connectivity index (χ3n) is 5.40. The van der Waals surface area contributed by atoms with Crippen LogP contribution in [0.15, 0.2) is 29.4 Å². The lowest BCUT2D eigenvalue weighted by molar-refractivity contribution is -0.141. The quantitative estimate of drug-likeness (QED) is 0.667. The number of aryl methyl sites for hydroxylation is 1. The molecule has 0 saturated heterocycles. The summed E-state index contributed by atoms with van der Waals surface area (Å²) in [5.74, 6) is 0.205. The van der Waals surface area contributed by atoms with E-state index in [9.17, 15) is 22.6 Å². The van der Waals surface area contributed by atoms with Gasteiger partial charge >= 0.3 is 6.18 Å². The lowest BCUT2D eigenvalue weighted by Gasteiger charge is -2.14. The molecule has 0 unspecified atom stereocenters. The highest BCUT2D eigenvalue weighted by Gasteiger charge is 2.46. The first kappa shape index (κ1) is 20.3. The molecule has 1 fully saturated rings. The summed E-state index contributed by atoms with van der Waals surface area (Å²) in [6.07, 6.45) is -0.709. The highest BCUT2D eigenvalue weighted by Crippen LogP contribution is 2.48. The predicted octanol–water partition coefficient (Wildman–Crippen LogP) is 4.03. The first-order valence-electron chi connectivity index (χ1n) is 9.11. The summed E-state index contributed by atoms with van der Waals surface area (Å²) in [5, 5.41) is 9.47. The maximum atomic E-state index is 13.0. The predicted molar refractivity (Wildman–Crippen MR) is 103 cm³/mol. The molecule has 11 heteroatoms. The van der Waals surface area contributed by atoms with E-state index in [-0.39, 0.29) is 27.7 Å². The second-order valence-corrected chi connectivity index (χ2v) is 9.65. The molecular formula is C19H17F3N6OS. The smallest absolute Gasteiger partial charge is 0.325 e. The number of halogens is 3. The Labute approximate surface area is 170 Å². The van der Waals surface area contributed by atoms with E-state index in [1.807, 2.05) is 0 Å². The van der Waals surface area contributed by atoms with Crippen LogP contribution in [0.3, 0.4) is 0 Å². The second kappa shape index (κ2) is 6.50. The monoisotopic (exact) mass is 434 g/mol. The molecule has 1 aliphatic rings. The van der Waals surface area contributed by atoms with Crippen LogP contribution >= 0.6 is 0 Å². The summed E-state index contributed by atoms with van der Waals surface area (Å²) < 4.78 is 61.8. The molecule has 1 aliphatic carbocycles. The van der Waals surface area contributed by atoms with Gasteiger partial charge in [-0.15, -0.1) is 0 Å². The van der Waals surface area contributed by atoms with Crippen LogP contribution in [0.4, 0.5) is 13.2 Å². The van der Waals surface area contributed by atoms with E-state index in [1.54, 1.807) is 20.0 Å². The van der Waals surface area contributed by atoms with Crippen molar-refractivity contribution in [3.8, 4) is 17.6 Å². The number of nitriles is 1. The van der Waals surface area contributed by atoms with Gasteiger partial charge in [-0.05, 0) is 30.5 Å². The molecule has 4 rings (SSSR count). The Kier molecular flexibility index (Phi) is 4.39. The Morgan fingerprint density at radius 1 is 1.30 bits per heavy atom. The van der Waals surface area contributed by atoms with Gasteiger partial charge in [-0.25, -0.2) is 19.0 Å². The summed E-state index contributed by atoms with van der Waals surface area (Å²) in [5.41, 5.74) is -0.584. The topological polar surface area (TPSA) is 108 Å². The summed E-state index contributed by atoms with van der Waals surface area (Å²) in [4.78, 5) is 12.2. The Morgan fingerprint density at radius 2 is 2.00 bits per heavy atom. The van der Waals surface area contributed by atoms with Crippen LogP contribution in [0.25, 0.3) is 22.6 Å². The molecule has 0 spiro atoms. The van der Waals surface area contributed by atoms with Crippen molar-refractivity contribution in [2.45, 2.75) is 36.3 Å². The first-order valence-corrected chi connectivity index (χ1v) is 10.8. The summed E-state index contributed by atoms with van der Waals surface area (Å²) in [7, 11) is -1.66. The van der Waals surface area contributed by atoms with E-state index in [0.717, 1.165) is 12.3 Å². The lowest BCUT2D eigenvalue weighted by atomic mass is 9.99. The molecule has 0 radical (unpaired) electrons. The number of hydrogen-bond donors (Lipinski definition) is 1. The number of rotatable bonds is 4. The van der Waals surface area contributed by atoms with Gasteiger partial charge in [0, 0.05) is 19.0 Å². The van der Waals surface area contributed by atoms with Crippen LogP contribution in [0.2, 0.25) is 0 Å². The van der Waals surface area contributed by atoms with Gasteiger partial charge in [0.05, 0.1) is 43.3 Å². The number of nitrogens with one attached hydrogen (secondary N) is 1. The van der Waals surface area contributed by atoms with Gasteiger partial charge in [0.1, 0.15) is 11.4 Å². The van der Waals surface area contributed by atoms with Crippen LogP contribution < -0.4 is 0 Å². The van der Waals surface area contributed by atoms with Crippen molar-refractivity contribution in [2.75, 3.05) is 5.75 Å². The van der Waals surface area contributed by atoms with Gasteiger partial charge in [0.25, 0.3) is 0 Å². The average Bonchev–Trinajstić information content (AvgIpc) is 3.45. The molecule has 0 bridgehead atoms. The molecule has 3 aromatic rings. The zero-order valence-corrected chi connectivity index (χ0v) is 16.9. The summed E-state index contributed by atoms with van der Waals surface area (Å²) in [6, 6.07) is 4.66. The van der Waals surface area contributed by atoms with Gasteiger partial charge < -0.3 is 4.57 Å². The van der Waals surface area contributed by atoms with E-state index in [4.69, 9.17) is 4.78 Å². The van der Waals surface area contributed by atoms with E-state index in [0.29, 0.717) is 23.9 Å². The zero-order chi connectivity index (χ0) is 21.9. The molecule has 0 aromatic carbocycles. The normalized spacial score (nSPS) is 17.5. The molecule has 156 valence electrons. The number of nitrogens with zero attached hydrogens (tertiary/aromatic N) is 5. The Bertz CT molecular complexity index is 1320. The molecule has 1 saturated carbocycles. The molecule has 3 aromatic heterocycles. The van der Waals surface area contributed by atoms with Crippen molar-refractivity contribution >= 4 is 20.8 Å². The van der Waals surface area contributed by atoms with Gasteiger partial charge in [0.2, 0.25) is 0 Å². The number of alkyl halides is 3. The molecule has 3 heterocycles. The van der Waals surface area contributed by atoms with Crippen LogP contribution in [-0.4, -0.2) is 29.5 Å². The molecule has 0 aliphatic heterocycles. The van der Waals surface area contributed by atoms with Crippen molar-refractivity contribution in [2.24, 2.45) is 7.05 Å². The van der Waals surface area contributed by atoms with Crippen molar-refractivity contribution < 1.29 is 17.4 Å². The van der Waals surface area contributed by atoms with E-state index in [2.05, 4.69) is 21.0 Å². The van der Waals surface area contributed by atoms with E-state index < -0.39 is 27.0 Å². The van der Waals surface area contributed by atoms with Gasteiger partial charge in [0.15, 0.2) is 5.82 Å². The molecular weight excluding hydrogens is 417 g/mol. The number of fused-ring (bicyclic) bond motifs is 1. The Balaban J connectivity index is 1.95. The minimum atomic E-state index is -4.61. The van der Waals surface area contributed by atoms with Crippen LogP contribution in [-0.2, 0) is 28.4 Å². The van der Waals surface area contributed by atoms with Crippen LogP contribution in [0, 0.1) is 16.1 Å². The number of pyridine rings is 2. The third kappa shape index (κ3) is 3.11. The summed E-state index contributed by atoms with van der Waals surface area (Å²) >= 11 is 0. The molecule has 1 N–H and O–H groups in total. The number of imidazole rings is 1. The maximum Gasteiger partial charge on any atom is 0.433 e. The van der Waals surface area contributed by atoms with Gasteiger partial charge in [-0.1, -0.05) is 6.92 Å². The van der Waals surface area contributed by atoms with Gasteiger partial charge in [-0.3, -0.25) is 4.98 Å². The minimum Gasteiger partial charge on any atom is -0.325 e. The fraction of sp³-hybridized carbons (Fsp3) is 0.368. The van der Waals surface area contributed by atoms with E-state index >= 15 is 0 Å². The van der Waals surface area contributed by atoms with Gasteiger partial charge in [-0.2, -0.15) is 18.4 Å². The number of aromatic nitrogens is 4. The maximum absolute atomic E-state index is 13.0. The lowest BCUT2D eigenvalue weighted by Crippen LogP contribution is -2.11. The standard InChI is InChI=1S/C19H17F3N6OS/c1-3-30(24,29)14-6-11(18(10-23)4-5-18)8-26-16(14)17-27-12-7-15(19(20,21)22)25-9-13(12)28(17)2/h6-9,24H,3-5H2,1-2H3/t30-/m1/s1. The van der Waals surface area contributed by atoms with Crippen molar-refractivity contribution in [1.82, 2.24) is 19.5 Å². The first-order chi connectivity index (χ1) is 14.0. The number of hydrogen-bond acceptors (Lipinski definition) is 6. The third-order valence-corrected chi connectivity index (χ3v) is 7.24. The molecule has 30 heavy (non-hydrogen) atoms. The summed E-state index contributed by atoms with van der Waals surface area (Å²) in [6.45, 7) is 1.61. The largest absolute Gasteiger partial charge is 0.433 e. The highest BCUT2D eigenvalue weighted by atomic mass is 32.2. The van der Waals surface area contributed by atoms with Crippen molar-refractivity contribution in [3.63, 3.8) is 0 Å². The van der Waals surface area contributed by atoms with Crippen molar-refractivity contribution in [3.05, 3.63) is 35.8 Å². The SMILES string of the molecule is CC[S@@](=N)(=O)c1cc(C2(C#N)CC2)cnc1-c1nc2cc(C(F)(F)F)ncc2n1C. The molecule has 1 atom stereocenters. The average molecular weight is 434 g/mol. The highest BCUT2D eigenvalue weighted by molar-refractivity contribution is 7.92. The fourth-order valence-corrected chi connectivity index (χ4v) is 4.41. The van der Waals surface area contributed by atoms with Crippen molar-refractivity contribution in [1.29, 1.82) is 10.0 Å².